The molecule has 136 valence electrons. The van der Waals surface area contributed by atoms with Gasteiger partial charge in [0.2, 0.25) is 5.91 Å². The number of hydrogen-bond donors (Lipinski definition) is 0. The number of nitrogens with zero attached hydrogens (tertiary/aromatic N) is 2. The number of methoxy groups -OCH3 is 2. The van der Waals surface area contributed by atoms with Gasteiger partial charge < -0.3 is 14.4 Å². The van der Waals surface area contributed by atoms with Crippen molar-refractivity contribution in [2.24, 2.45) is 0 Å². The molecule has 5 heteroatoms. The molecule has 2 aliphatic rings. The second-order valence-electron chi connectivity index (χ2n) is 6.78. The fourth-order valence-electron chi connectivity index (χ4n) is 3.78. The molecule has 3 rings (SSSR count). The van der Waals surface area contributed by atoms with Crippen LogP contribution in [0, 0.1) is 0 Å². The Morgan fingerprint density at radius 1 is 1.00 bits per heavy atom. The zero-order valence-corrected chi connectivity index (χ0v) is 15.2. The first-order valence-electron chi connectivity index (χ1n) is 9.13. The Balaban J connectivity index is 1.56. The second kappa shape index (κ2) is 8.39. The molecule has 25 heavy (non-hydrogen) atoms. The van der Waals surface area contributed by atoms with Crippen molar-refractivity contribution in [2.45, 2.75) is 31.7 Å². The highest BCUT2D eigenvalue weighted by Gasteiger charge is 2.27. The van der Waals surface area contributed by atoms with E-state index in [0.29, 0.717) is 0 Å². The van der Waals surface area contributed by atoms with Crippen molar-refractivity contribution >= 4 is 12.0 Å². The molecule has 1 saturated carbocycles. The molecule has 0 bridgehead atoms. The van der Waals surface area contributed by atoms with Gasteiger partial charge >= 0.3 is 0 Å². The maximum atomic E-state index is 12.5. The maximum Gasteiger partial charge on any atom is 0.246 e. The summed E-state index contributed by atoms with van der Waals surface area (Å²) < 4.78 is 10.5. The minimum Gasteiger partial charge on any atom is -0.497 e. The summed E-state index contributed by atoms with van der Waals surface area (Å²) in [5, 5.41) is 0. The zero-order chi connectivity index (χ0) is 17.6. The number of ether oxygens (including phenoxy) is 2. The first kappa shape index (κ1) is 17.8. The summed E-state index contributed by atoms with van der Waals surface area (Å²) >= 11 is 0. The SMILES string of the molecule is COc1cc(C=CC(=O)N2CCN(C3CCCC3)CC2)cc(OC)c1. The third-order valence-corrected chi connectivity index (χ3v) is 5.26. The summed E-state index contributed by atoms with van der Waals surface area (Å²) in [6.07, 6.45) is 8.85. The molecular formula is C20H28N2O3. The molecule has 1 aliphatic carbocycles. The van der Waals surface area contributed by atoms with E-state index in [1.54, 1.807) is 20.3 Å². The lowest BCUT2D eigenvalue weighted by atomic mass is 10.1. The Kier molecular flexibility index (Phi) is 5.97. The second-order valence-corrected chi connectivity index (χ2v) is 6.78. The molecule has 5 nitrogen and oxygen atoms in total. The van der Waals surface area contributed by atoms with Gasteiger partial charge in [-0.15, -0.1) is 0 Å². The van der Waals surface area contributed by atoms with E-state index < -0.39 is 0 Å². The smallest absolute Gasteiger partial charge is 0.246 e. The lowest BCUT2D eigenvalue weighted by Crippen LogP contribution is -2.51. The van der Waals surface area contributed by atoms with E-state index in [9.17, 15) is 4.79 Å². The van der Waals surface area contributed by atoms with Crippen molar-refractivity contribution in [1.29, 1.82) is 0 Å². The molecule has 1 saturated heterocycles. The quantitative estimate of drug-likeness (QED) is 0.771. The van der Waals surface area contributed by atoms with Crippen molar-refractivity contribution < 1.29 is 14.3 Å². The van der Waals surface area contributed by atoms with Crippen molar-refractivity contribution in [3.05, 3.63) is 29.8 Å². The highest BCUT2D eigenvalue weighted by Crippen LogP contribution is 2.25. The van der Waals surface area contributed by atoms with Crippen molar-refractivity contribution in [3.63, 3.8) is 0 Å². The van der Waals surface area contributed by atoms with Crippen molar-refractivity contribution in [1.82, 2.24) is 9.80 Å². The molecule has 1 aromatic carbocycles. The Morgan fingerprint density at radius 3 is 2.16 bits per heavy atom. The van der Waals surface area contributed by atoms with Gasteiger partial charge in [0.05, 0.1) is 14.2 Å². The van der Waals surface area contributed by atoms with Gasteiger partial charge in [0.15, 0.2) is 0 Å². The number of rotatable bonds is 5. The number of piperazine rings is 1. The molecule has 1 amide bonds. The van der Waals surface area contributed by atoms with Gasteiger partial charge in [0.1, 0.15) is 11.5 Å². The third-order valence-electron chi connectivity index (χ3n) is 5.26. The van der Waals surface area contributed by atoms with Crippen molar-refractivity contribution in [2.75, 3.05) is 40.4 Å². The Morgan fingerprint density at radius 2 is 1.60 bits per heavy atom. The topological polar surface area (TPSA) is 42.0 Å². The first-order valence-corrected chi connectivity index (χ1v) is 9.13. The molecule has 0 aromatic heterocycles. The monoisotopic (exact) mass is 344 g/mol. The number of hydrogen-bond acceptors (Lipinski definition) is 4. The fraction of sp³-hybridized carbons (Fsp3) is 0.550. The summed E-state index contributed by atoms with van der Waals surface area (Å²) in [6.45, 7) is 3.64. The van der Waals surface area contributed by atoms with E-state index in [1.807, 2.05) is 29.2 Å². The predicted octanol–water partition coefficient (Wildman–Crippen LogP) is 2.80. The van der Waals surface area contributed by atoms with Crippen LogP contribution in [0.3, 0.4) is 0 Å². The molecule has 1 aliphatic heterocycles. The molecule has 0 radical (unpaired) electrons. The van der Waals surface area contributed by atoms with E-state index in [-0.39, 0.29) is 5.91 Å². The Labute approximate surface area is 150 Å². The van der Waals surface area contributed by atoms with Crippen LogP contribution in [0.25, 0.3) is 6.08 Å². The van der Waals surface area contributed by atoms with Gasteiger partial charge in [-0.1, -0.05) is 12.8 Å². The highest BCUT2D eigenvalue weighted by atomic mass is 16.5. The van der Waals surface area contributed by atoms with Gasteiger partial charge in [-0.05, 0) is 36.6 Å². The number of carbonyl (C=O) groups is 1. The number of amides is 1. The van der Waals surface area contributed by atoms with Gasteiger partial charge in [-0.2, -0.15) is 0 Å². The van der Waals surface area contributed by atoms with Crippen LogP contribution in [0.2, 0.25) is 0 Å². The van der Waals surface area contributed by atoms with Gasteiger partial charge in [-0.3, -0.25) is 9.69 Å². The zero-order valence-electron chi connectivity index (χ0n) is 15.2. The van der Waals surface area contributed by atoms with Crippen LogP contribution in [0.15, 0.2) is 24.3 Å². The van der Waals surface area contributed by atoms with E-state index in [1.165, 1.54) is 25.7 Å². The van der Waals surface area contributed by atoms with E-state index in [2.05, 4.69) is 4.90 Å². The van der Waals surface area contributed by atoms with Crippen LogP contribution in [0.5, 0.6) is 11.5 Å². The summed E-state index contributed by atoms with van der Waals surface area (Å²) in [6, 6.07) is 6.35. The molecule has 1 aromatic rings. The van der Waals surface area contributed by atoms with Crippen LogP contribution in [0.1, 0.15) is 31.2 Å². The first-order chi connectivity index (χ1) is 12.2. The summed E-state index contributed by atoms with van der Waals surface area (Å²) in [5.41, 5.74) is 0.897. The van der Waals surface area contributed by atoms with E-state index in [0.717, 1.165) is 49.3 Å². The third kappa shape index (κ3) is 4.54. The molecular weight excluding hydrogens is 316 g/mol. The maximum absolute atomic E-state index is 12.5. The lowest BCUT2D eigenvalue weighted by molar-refractivity contribution is -0.127. The predicted molar refractivity (Wildman–Crippen MR) is 99.0 cm³/mol. The average molecular weight is 344 g/mol. The van der Waals surface area contributed by atoms with Crippen LogP contribution in [-0.2, 0) is 4.79 Å². The number of benzene rings is 1. The minimum atomic E-state index is 0.0767. The van der Waals surface area contributed by atoms with Crippen LogP contribution in [-0.4, -0.2) is 62.1 Å². The van der Waals surface area contributed by atoms with E-state index >= 15 is 0 Å². The normalized spacial score (nSPS) is 19.5. The van der Waals surface area contributed by atoms with Crippen molar-refractivity contribution in [3.8, 4) is 11.5 Å². The largest absolute Gasteiger partial charge is 0.497 e. The van der Waals surface area contributed by atoms with E-state index in [4.69, 9.17) is 9.47 Å². The number of carbonyl (C=O) groups excluding carboxylic acids is 1. The van der Waals surface area contributed by atoms with Crippen LogP contribution in [0.4, 0.5) is 0 Å². The molecule has 1 heterocycles. The van der Waals surface area contributed by atoms with Gasteiger partial charge in [0, 0.05) is 44.4 Å². The van der Waals surface area contributed by atoms with Gasteiger partial charge in [-0.25, -0.2) is 0 Å². The van der Waals surface area contributed by atoms with Gasteiger partial charge in [0.25, 0.3) is 0 Å². The summed E-state index contributed by atoms with van der Waals surface area (Å²) in [5.74, 6) is 1.51. The Hall–Kier alpha value is -2.01. The molecule has 0 spiro atoms. The molecule has 0 N–H and O–H groups in total. The van der Waals surface area contributed by atoms with Crippen LogP contribution < -0.4 is 9.47 Å². The summed E-state index contributed by atoms with van der Waals surface area (Å²) in [7, 11) is 3.24. The minimum absolute atomic E-state index is 0.0767. The standard InChI is InChI=1S/C20H28N2O3/c1-24-18-13-16(14-19(15-18)25-2)7-8-20(23)22-11-9-21(10-12-22)17-5-3-4-6-17/h7-8,13-15,17H,3-6,9-12H2,1-2H3. The lowest BCUT2D eigenvalue weighted by Gasteiger charge is -2.37. The molecule has 2 fully saturated rings. The van der Waals surface area contributed by atoms with Crippen LogP contribution >= 0.6 is 0 Å². The molecule has 0 atom stereocenters. The average Bonchev–Trinajstić information content (AvgIpc) is 3.20. The highest BCUT2D eigenvalue weighted by molar-refractivity contribution is 5.92. The Bertz CT molecular complexity index is 593. The summed E-state index contributed by atoms with van der Waals surface area (Å²) in [4.78, 5) is 17.0. The molecule has 0 unspecified atom stereocenters. The fourth-order valence-corrected chi connectivity index (χ4v) is 3.78.